The second kappa shape index (κ2) is 13.6. The summed E-state index contributed by atoms with van der Waals surface area (Å²) < 4.78 is 20.2. The summed E-state index contributed by atoms with van der Waals surface area (Å²) in [5.41, 5.74) is 3.20. The molecule has 0 spiro atoms. The minimum atomic E-state index is -1.01. The van der Waals surface area contributed by atoms with Crippen molar-refractivity contribution in [3.8, 4) is 12.1 Å². The van der Waals surface area contributed by atoms with Crippen molar-refractivity contribution in [1.82, 2.24) is 19.8 Å². The van der Waals surface area contributed by atoms with Gasteiger partial charge in [-0.1, -0.05) is 49.7 Å². The molecule has 1 amide bonds. The Hall–Kier alpha value is -3.22. The predicted octanol–water partition coefficient (Wildman–Crippen LogP) is 5.68. The lowest BCUT2D eigenvalue weighted by molar-refractivity contribution is -0.131. The molecule has 3 saturated heterocycles. The maximum atomic E-state index is 13.8. The number of aryl methyl sites for hydroxylation is 2. The van der Waals surface area contributed by atoms with Crippen LogP contribution in [0.4, 0.5) is 10.2 Å². The van der Waals surface area contributed by atoms with E-state index >= 15 is 0 Å². The third-order valence-electron chi connectivity index (χ3n) is 9.43. The fraction of sp³-hybridized carbons (Fsp3) is 0.576. The summed E-state index contributed by atoms with van der Waals surface area (Å²) in [7, 11) is 0. The number of nitriles is 1. The molecule has 2 unspecified atom stereocenters. The number of hydrogen-bond acceptors (Lipinski definition) is 7. The third-order valence-corrected chi connectivity index (χ3v) is 9.80. The Labute approximate surface area is 259 Å². The largest absolute Gasteiger partial charge is 0.461 e. The highest BCUT2D eigenvalue weighted by Crippen LogP contribution is 2.44. The number of ether oxygens (including phenoxy) is 1. The number of piperazine rings is 1. The molecule has 0 bridgehead atoms. The van der Waals surface area contributed by atoms with Gasteiger partial charge in [-0.2, -0.15) is 15.2 Å². The molecule has 3 fully saturated rings. The molecule has 2 aromatic rings. The zero-order chi connectivity index (χ0) is 30.6. The monoisotopic (exact) mass is 608 g/mol. The van der Waals surface area contributed by atoms with Gasteiger partial charge in [0.25, 0.3) is 5.91 Å². The lowest BCUT2D eigenvalue weighted by Gasteiger charge is -2.49. The van der Waals surface area contributed by atoms with Crippen LogP contribution in [-0.2, 0) is 24.1 Å². The van der Waals surface area contributed by atoms with Gasteiger partial charge in [0.05, 0.1) is 29.8 Å². The summed E-state index contributed by atoms with van der Waals surface area (Å²) in [5.74, 6) is -0.973. The molecule has 3 aliphatic heterocycles. The van der Waals surface area contributed by atoms with Crippen molar-refractivity contribution in [2.75, 3.05) is 37.7 Å². The summed E-state index contributed by atoms with van der Waals surface area (Å²) in [6, 6.07) is 10.6. The fourth-order valence-electron chi connectivity index (χ4n) is 7.01. The Bertz CT molecular complexity index is 1380. The number of benzene rings is 1. The number of carbonyl (C=O) groups excluding carboxylic acids is 1. The second-order valence-electron chi connectivity index (χ2n) is 12.2. The maximum absolute atomic E-state index is 13.8. The molecule has 230 valence electrons. The maximum Gasteiger partial charge on any atom is 0.318 e. The van der Waals surface area contributed by atoms with Gasteiger partial charge in [-0.05, 0) is 63.5 Å². The molecule has 0 N–H and O–H groups in total. The highest BCUT2D eigenvalue weighted by molar-refractivity contribution is 6.31. The number of amides is 1. The number of hydrogen-bond donors (Lipinski definition) is 0. The molecule has 0 saturated carbocycles. The van der Waals surface area contributed by atoms with E-state index in [9.17, 15) is 14.4 Å². The highest BCUT2D eigenvalue weighted by atomic mass is 35.5. The normalized spacial score (nSPS) is 23.4. The van der Waals surface area contributed by atoms with Crippen molar-refractivity contribution < 1.29 is 13.9 Å². The lowest BCUT2D eigenvalue weighted by atomic mass is 9.86. The van der Waals surface area contributed by atoms with Gasteiger partial charge >= 0.3 is 6.01 Å². The first-order chi connectivity index (χ1) is 20.8. The Morgan fingerprint density at radius 2 is 2.02 bits per heavy atom. The highest BCUT2D eigenvalue weighted by Gasteiger charge is 2.51. The number of rotatable bonds is 12. The Balaban J connectivity index is 1.43. The molecule has 3 aliphatic rings. The summed E-state index contributed by atoms with van der Waals surface area (Å²) >= 11 is 6.44. The first-order valence-corrected chi connectivity index (χ1v) is 15.9. The van der Waals surface area contributed by atoms with Crippen molar-refractivity contribution >= 4 is 23.3 Å². The van der Waals surface area contributed by atoms with Crippen molar-refractivity contribution in [2.24, 2.45) is 0 Å². The minimum Gasteiger partial charge on any atom is -0.461 e. The summed E-state index contributed by atoms with van der Waals surface area (Å²) in [6.07, 6.45) is 7.63. The molecular formula is C33H42ClFN6O2. The van der Waals surface area contributed by atoms with E-state index in [0.717, 1.165) is 79.2 Å². The molecule has 8 nitrogen and oxygen atoms in total. The van der Waals surface area contributed by atoms with E-state index in [1.807, 2.05) is 18.2 Å². The van der Waals surface area contributed by atoms with E-state index in [0.29, 0.717) is 31.7 Å². The smallest absolute Gasteiger partial charge is 0.318 e. The quantitative estimate of drug-likeness (QED) is 0.287. The van der Waals surface area contributed by atoms with Crippen LogP contribution in [0, 0.1) is 11.3 Å². The number of fused-ring (bicyclic) bond motifs is 1. The van der Waals surface area contributed by atoms with Crippen LogP contribution in [0.2, 0.25) is 5.02 Å². The average Bonchev–Trinajstić information content (AvgIpc) is 3.20. The van der Waals surface area contributed by atoms with E-state index in [2.05, 4.69) is 42.4 Å². The van der Waals surface area contributed by atoms with Gasteiger partial charge in [0.1, 0.15) is 12.4 Å². The molecule has 10 heteroatoms. The van der Waals surface area contributed by atoms with Gasteiger partial charge in [0, 0.05) is 42.8 Å². The number of nitrogens with zero attached hydrogens (tertiary/aromatic N) is 6. The summed E-state index contributed by atoms with van der Waals surface area (Å²) in [5, 5.41) is 10.3. The van der Waals surface area contributed by atoms with E-state index in [1.165, 1.54) is 11.3 Å². The van der Waals surface area contributed by atoms with Gasteiger partial charge in [0.2, 0.25) is 0 Å². The molecule has 1 aromatic carbocycles. The molecule has 3 atom stereocenters. The first kappa shape index (κ1) is 31.2. The Kier molecular flexibility index (Phi) is 9.88. The summed E-state index contributed by atoms with van der Waals surface area (Å²) in [4.78, 5) is 28.6. The Morgan fingerprint density at radius 1 is 1.21 bits per heavy atom. The van der Waals surface area contributed by atoms with Crippen LogP contribution in [0.15, 0.2) is 36.7 Å². The second-order valence-corrected chi connectivity index (χ2v) is 12.6. The van der Waals surface area contributed by atoms with Gasteiger partial charge in [-0.15, -0.1) is 0 Å². The predicted molar refractivity (Wildman–Crippen MR) is 166 cm³/mol. The number of aromatic nitrogens is 2. The van der Waals surface area contributed by atoms with Crippen LogP contribution in [0.25, 0.3) is 0 Å². The van der Waals surface area contributed by atoms with Crippen LogP contribution < -0.4 is 9.64 Å². The van der Waals surface area contributed by atoms with Crippen LogP contribution in [0.5, 0.6) is 6.01 Å². The molecule has 43 heavy (non-hydrogen) atoms. The zero-order valence-electron chi connectivity index (χ0n) is 25.3. The minimum absolute atomic E-state index is 0.0634. The van der Waals surface area contributed by atoms with E-state index in [1.54, 1.807) is 0 Å². The van der Waals surface area contributed by atoms with Crippen LogP contribution in [0.1, 0.15) is 69.2 Å². The van der Waals surface area contributed by atoms with Crippen LogP contribution in [-0.4, -0.2) is 76.1 Å². The number of carbonyl (C=O) groups is 1. The van der Waals surface area contributed by atoms with Gasteiger partial charge in [-0.25, -0.2) is 4.39 Å². The summed E-state index contributed by atoms with van der Waals surface area (Å²) in [6.45, 7) is 10.4. The van der Waals surface area contributed by atoms with Gasteiger partial charge in [-0.3, -0.25) is 9.69 Å². The molecule has 1 aromatic heterocycles. The van der Waals surface area contributed by atoms with Crippen molar-refractivity contribution in [3.63, 3.8) is 0 Å². The molecule has 4 heterocycles. The van der Waals surface area contributed by atoms with E-state index < -0.39 is 17.8 Å². The van der Waals surface area contributed by atoms with Crippen LogP contribution in [0.3, 0.4) is 0 Å². The zero-order valence-corrected chi connectivity index (χ0v) is 26.1. The SMILES string of the molecule is C=C(F)C(=O)N1CCN(c2nc(OCC34CC[C@@H](C)N3CC4)nc(CCCc3ccccc3Cl)c2CCC)CC1CC#N. The molecular weight excluding hydrogens is 567 g/mol. The van der Waals surface area contributed by atoms with E-state index in [4.69, 9.17) is 26.3 Å². The van der Waals surface area contributed by atoms with Crippen molar-refractivity contribution in [1.29, 1.82) is 5.26 Å². The standard InChI is InChI=1S/C33H42ClFN6O2/c1-4-8-27-29(12-7-10-25-9-5-6-11-28(25)34)37-32(43-22-33-15-13-23(2)41(33)18-16-33)38-30(27)39-19-20-40(31(42)24(3)35)26(21-39)14-17-36/h5-6,9,11,23,26H,3-4,7-8,10,12-16,18-22H2,1-2H3/t23-,26?,33?/m1/s1. The van der Waals surface area contributed by atoms with Crippen molar-refractivity contribution in [2.45, 2.75) is 89.3 Å². The lowest BCUT2D eigenvalue weighted by Crippen LogP contribution is -2.61. The van der Waals surface area contributed by atoms with Gasteiger partial charge in [0.15, 0.2) is 5.83 Å². The van der Waals surface area contributed by atoms with E-state index in [-0.39, 0.29) is 18.5 Å². The Morgan fingerprint density at radius 3 is 2.70 bits per heavy atom. The molecule has 5 rings (SSSR count). The topological polar surface area (TPSA) is 85.6 Å². The van der Waals surface area contributed by atoms with Gasteiger partial charge < -0.3 is 14.5 Å². The first-order valence-electron chi connectivity index (χ1n) is 15.6. The van der Waals surface area contributed by atoms with Crippen molar-refractivity contribution in [3.05, 3.63) is 58.5 Å². The fourth-order valence-corrected chi connectivity index (χ4v) is 7.24. The molecule has 0 aliphatic carbocycles. The third kappa shape index (κ3) is 6.66. The average molecular weight is 609 g/mol. The number of anilines is 1. The molecule has 0 radical (unpaired) electrons. The van der Waals surface area contributed by atoms with Crippen LogP contribution >= 0.6 is 11.6 Å². The number of halogens is 2.